The smallest absolute Gasteiger partial charge is 0.393 e. The van der Waals surface area contributed by atoms with Gasteiger partial charge in [0.15, 0.2) is 0 Å². The predicted octanol–water partition coefficient (Wildman–Crippen LogP) is 8.59. The molecule has 61 heavy (non-hydrogen) atoms. The van der Waals surface area contributed by atoms with Crippen molar-refractivity contribution < 1.29 is 59.0 Å². The number of aliphatic hydroxyl groups excluding tert-OH is 7. The van der Waals surface area contributed by atoms with E-state index in [9.17, 15) is 50.0 Å². The molecular weight excluding hydrogens is 801 g/mol. The largest absolute Gasteiger partial charge is 0.472 e. The lowest BCUT2D eigenvalue weighted by Gasteiger charge is -2.41. The fraction of sp³-hybridized carbons (Fsp3) is 0.936. The molecule has 0 radical (unpaired) electrons. The molecule has 0 aromatic heterocycles. The summed E-state index contributed by atoms with van der Waals surface area (Å²) in [5, 5.41) is 74.6. The van der Waals surface area contributed by atoms with Gasteiger partial charge in [0.2, 0.25) is 5.91 Å². The topological polar surface area (TPSA) is 226 Å². The predicted molar refractivity (Wildman–Crippen MR) is 243 cm³/mol. The molecule has 8 atom stereocenters. The van der Waals surface area contributed by atoms with Crippen molar-refractivity contribution in [1.82, 2.24) is 5.32 Å². The second kappa shape index (κ2) is 37.3. The molecule has 1 amide bonds. The Balaban J connectivity index is 2.45. The van der Waals surface area contributed by atoms with Crippen molar-refractivity contribution in [3.05, 3.63) is 12.2 Å². The summed E-state index contributed by atoms with van der Waals surface area (Å²) < 4.78 is 22.9. The summed E-state index contributed by atoms with van der Waals surface area (Å²) in [5.74, 6) is -0.569. The van der Waals surface area contributed by atoms with E-state index in [2.05, 4.69) is 31.3 Å². The van der Waals surface area contributed by atoms with Crippen LogP contribution in [0.25, 0.3) is 0 Å². The van der Waals surface area contributed by atoms with E-state index < -0.39 is 75.2 Å². The molecule has 8 unspecified atom stereocenters. The van der Waals surface area contributed by atoms with Crippen molar-refractivity contribution in [2.75, 3.05) is 6.61 Å². The Morgan fingerprint density at radius 1 is 0.557 bits per heavy atom. The zero-order chi connectivity index (χ0) is 45.1. The maximum Gasteiger partial charge on any atom is 0.472 e. The standard InChI is InChI=1S/C47H92NO12P/c1-3-5-7-9-11-13-15-16-17-18-19-20-21-22-23-24-25-27-29-31-33-35-40(50)39(37-59-61(57,58)60-47-45(55)43(53)42(52)44(54)46(47)56)48-41(51)36-38(49)34-32-30-28-26-14-12-10-8-6-4-2/h12,14,38-40,42-47,49-50,52-56H,3-11,13,15-37H2,1-2H3,(H,48,51)(H,57,58)/b14-12-. The Morgan fingerprint density at radius 2 is 0.918 bits per heavy atom. The highest BCUT2D eigenvalue weighted by atomic mass is 31.2. The summed E-state index contributed by atoms with van der Waals surface area (Å²) in [7, 11) is -5.12. The number of carbonyl (C=O) groups excluding carboxylic acids is 1. The number of phosphoric acid groups is 1. The maximum absolute atomic E-state index is 13.0. The van der Waals surface area contributed by atoms with Gasteiger partial charge in [-0.15, -0.1) is 0 Å². The maximum atomic E-state index is 13.0. The molecular formula is C47H92NO12P. The number of aliphatic hydroxyl groups is 7. The van der Waals surface area contributed by atoms with Crippen LogP contribution >= 0.6 is 7.82 Å². The van der Waals surface area contributed by atoms with E-state index in [1.54, 1.807) is 0 Å². The van der Waals surface area contributed by atoms with E-state index in [1.165, 1.54) is 122 Å². The lowest BCUT2D eigenvalue weighted by Crippen LogP contribution is -2.64. The monoisotopic (exact) mass is 894 g/mol. The third-order valence-electron chi connectivity index (χ3n) is 12.1. The van der Waals surface area contributed by atoms with Gasteiger partial charge in [0.25, 0.3) is 0 Å². The fourth-order valence-electron chi connectivity index (χ4n) is 8.06. The Morgan fingerprint density at radius 3 is 1.38 bits per heavy atom. The fourth-order valence-corrected chi connectivity index (χ4v) is 9.03. The molecule has 0 aliphatic heterocycles. The number of unbranched alkanes of at least 4 members (excludes halogenated alkanes) is 26. The third kappa shape index (κ3) is 29.2. The highest BCUT2D eigenvalue weighted by Gasteiger charge is 2.51. The Labute approximate surface area is 370 Å². The van der Waals surface area contributed by atoms with E-state index in [1.807, 2.05) is 0 Å². The summed E-state index contributed by atoms with van der Waals surface area (Å²) in [6.07, 6.45) is 25.6. The van der Waals surface area contributed by atoms with Crippen LogP contribution in [0.15, 0.2) is 12.2 Å². The van der Waals surface area contributed by atoms with Gasteiger partial charge in [-0.3, -0.25) is 13.8 Å². The van der Waals surface area contributed by atoms with E-state index in [-0.39, 0.29) is 12.8 Å². The van der Waals surface area contributed by atoms with Gasteiger partial charge in [0.05, 0.1) is 31.3 Å². The Hall–Kier alpha value is -0.960. The first-order chi connectivity index (χ1) is 29.3. The van der Waals surface area contributed by atoms with Crippen LogP contribution in [-0.4, -0.2) is 108 Å². The minimum absolute atomic E-state index is 0.230. The molecule has 1 fully saturated rings. The molecule has 9 N–H and O–H groups in total. The zero-order valence-corrected chi connectivity index (χ0v) is 39.2. The SMILES string of the molecule is CCCCC/C=C\CCCCCC(O)CC(=O)NC(COP(=O)(O)OC1C(O)C(O)C(O)C(O)C1O)C(O)CCCCCCCCCCCCCCCCCCCCCCC. The molecule has 14 heteroatoms. The van der Waals surface area contributed by atoms with Gasteiger partial charge in [-0.1, -0.05) is 187 Å². The van der Waals surface area contributed by atoms with Crippen molar-refractivity contribution in [3.63, 3.8) is 0 Å². The number of hydrogen-bond donors (Lipinski definition) is 9. The van der Waals surface area contributed by atoms with Gasteiger partial charge in [-0.05, 0) is 38.5 Å². The van der Waals surface area contributed by atoms with Crippen molar-refractivity contribution in [1.29, 1.82) is 0 Å². The van der Waals surface area contributed by atoms with Crippen LogP contribution in [0.4, 0.5) is 0 Å². The zero-order valence-electron chi connectivity index (χ0n) is 38.3. The lowest BCUT2D eigenvalue weighted by atomic mass is 9.85. The van der Waals surface area contributed by atoms with Crippen molar-refractivity contribution in [3.8, 4) is 0 Å². The van der Waals surface area contributed by atoms with Gasteiger partial charge in [-0.2, -0.15) is 0 Å². The third-order valence-corrected chi connectivity index (χ3v) is 13.1. The molecule has 1 aliphatic carbocycles. The molecule has 362 valence electrons. The molecule has 0 aromatic carbocycles. The van der Waals surface area contributed by atoms with Crippen LogP contribution in [0.5, 0.6) is 0 Å². The first kappa shape index (κ1) is 58.1. The summed E-state index contributed by atoms with van der Waals surface area (Å²) in [5.41, 5.74) is 0. The first-order valence-corrected chi connectivity index (χ1v) is 26.2. The molecule has 1 rings (SSSR count). The highest BCUT2D eigenvalue weighted by molar-refractivity contribution is 7.47. The molecule has 0 saturated heterocycles. The number of carbonyl (C=O) groups is 1. The Bertz CT molecular complexity index is 1100. The van der Waals surface area contributed by atoms with Gasteiger partial charge in [-0.25, -0.2) is 4.57 Å². The van der Waals surface area contributed by atoms with Gasteiger partial charge >= 0.3 is 7.82 Å². The number of nitrogens with one attached hydrogen (secondary N) is 1. The van der Waals surface area contributed by atoms with Gasteiger partial charge in [0, 0.05) is 0 Å². The lowest BCUT2D eigenvalue weighted by molar-refractivity contribution is -0.220. The van der Waals surface area contributed by atoms with E-state index in [0.29, 0.717) is 12.8 Å². The molecule has 0 aromatic rings. The average molecular weight is 894 g/mol. The minimum atomic E-state index is -5.12. The van der Waals surface area contributed by atoms with Crippen LogP contribution in [0.1, 0.15) is 219 Å². The van der Waals surface area contributed by atoms with Gasteiger partial charge < -0.3 is 46.0 Å². The van der Waals surface area contributed by atoms with Crippen LogP contribution in [0.2, 0.25) is 0 Å². The van der Waals surface area contributed by atoms with Crippen molar-refractivity contribution in [2.45, 2.75) is 274 Å². The van der Waals surface area contributed by atoms with Crippen LogP contribution in [-0.2, 0) is 18.4 Å². The average Bonchev–Trinajstić information content (AvgIpc) is 3.23. The molecule has 1 aliphatic rings. The van der Waals surface area contributed by atoms with Crippen LogP contribution < -0.4 is 5.32 Å². The minimum Gasteiger partial charge on any atom is -0.393 e. The quantitative estimate of drug-likeness (QED) is 0.0160. The molecule has 0 bridgehead atoms. The normalized spacial score (nSPS) is 23.2. The molecule has 13 nitrogen and oxygen atoms in total. The molecule has 0 spiro atoms. The van der Waals surface area contributed by atoms with Crippen LogP contribution in [0, 0.1) is 0 Å². The van der Waals surface area contributed by atoms with E-state index in [4.69, 9.17) is 9.05 Å². The Kier molecular flexibility index (Phi) is 35.5. The van der Waals surface area contributed by atoms with Gasteiger partial charge in [0.1, 0.15) is 36.6 Å². The number of hydrogen-bond acceptors (Lipinski definition) is 11. The summed E-state index contributed by atoms with van der Waals surface area (Å²) in [4.78, 5) is 23.4. The number of amides is 1. The second-order valence-corrected chi connectivity index (χ2v) is 19.3. The van der Waals surface area contributed by atoms with E-state index in [0.717, 1.165) is 57.8 Å². The van der Waals surface area contributed by atoms with E-state index >= 15 is 0 Å². The number of rotatable bonds is 41. The molecule has 0 heterocycles. The highest BCUT2D eigenvalue weighted by Crippen LogP contribution is 2.47. The van der Waals surface area contributed by atoms with Crippen molar-refractivity contribution >= 4 is 13.7 Å². The number of allylic oxidation sites excluding steroid dienone is 2. The summed E-state index contributed by atoms with van der Waals surface area (Å²) in [6.45, 7) is 3.76. The second-order valence-electron chi connectivity index (χ2n) is 17.9. The first-order valence-electron chi connectivity index (χ1n) is 24.7. The van der Waals surface area contributed by atoms with Crippen molar-refractivity contribution in [2.24, 2.45) is 0 Å². The molecule has 1 saturated carbocycles. The van der Waals surface area contributed by atoms with Crippen LogP contribution in [0.3, 0.4) is 0 Å². The number of phosphoric ester groups is 1. The summed E-state index contributed by atoms with van der Waals surface area (Å²) >= 11 is 0. The summed E-state index contributed by atoms with van der Waals surface area (Å²) in [6, 6.07) is -1.16.